The molecule has 1 unspecified atom stereocenters. The molecule has 1 saturated heterocycles. The molecule has 0 aromatic heterocycles. The highest BCUT2D eigenvalue weighted by molar-refractivity contribution is 6.51. The first-order valence-corrected chi connectivity index (χ1v) is 11.8. The lowest BCUT2D eigenvalue weighted by molar-refractivity contribution is -0.132. The van der Waals surface area contributed by atoms with Crippen molar-refractivity contribution in [3.63, 3.8) is 0 Å². The number of para-hydroxylation sites is 2. The Morgan fingerprint density at radius 3 is 2.24 bits per heavy atom. The molecule has 1 aliphatic rings. The van der Waals surface area contributed by atoms with Crippen LogP contribution in [0.2, 0.25) is 0 Å². The lowest BCUT2D eigenvalue weighted by Crippen LogP contribution is -2.29. The molecule has 1 amide bonds. The smallest absolute Gasteiger partial charge is 0.300 e. The second-order valence-electron chi connectivity index (χ2n) is 8.55. The van der Waals surface area contributed by atoms with Gasteiger partial charge >= 0.3 is 0 Å². The minimum Gasteiger partial charge on any atom is -0.507 e. The number of amides is 1. The third-order valence-electron chi connectivity index (χ3n) is 6.26. The van der Waals surface area contributed by atoms with Gasteiger partial charge in [0.2, 0.25) is 0 Å². The van der Waals surface area contributed by atoms with Gasteiger partial charge in [0.15, 0.2) is 0 Å². The number of ether oxygens (including phenoxy) is 2. The summed E-state index contributed by atoms with van der Waals surface area (Å²) in [5.41, 5.74) is 2.50. The van der Waals surface area contributed by atoms with Gasteiger partial charge < -0.3 is 14.6 Å². The molecule has 1 aliphatic heterocycles. The van der Waals surface area contributed by atoms with Crippen molar-refractivity contribution in [3.05, 3.63) is 131 Å². The Labute approximate surface area is 215 Å². The van der Waals surface area contributed by atoms with Crippen molar-refractivity contribution in [2.45, 2.75) is 12.6 Å². The molecule has 0 saturated carbocycles. The van der Waals surface area contributed by atoms with Gasteiger partial charge in [-0.15, -0.1) is 0 Å². The molecule has 37 heavy (non-hydrogen) atoms. The first kappa shape index (κ1) is 23.9. The maximum atomic E-state index is 13.4. The topological polar surface area (TPSA) is 76.1 Å². The van der Waals surface area contributed by atoms with Crippen LogP contribution in [0.15, 0.2) is 115 Å². The van der Waals surface area contributed by atoms with Crippen LogP contribution in [-0.2, 0) is 16.2 Å². The molecule has 4 aromatic rings. The normalized spacial score (nSPS) is 16.6. The highest BCUT2D eigenvalue weighted by Crippen LogP contribution is 2.43. The van der Waals surface area contributed by atoms with E-state index in [9.17, 15) is 14.7 Å². The molecule has 5 rings (SSSR count). The van der Waals surface area contributed by atoms with Crippen LogP contribution < -0.4 is 14.4 Å². The fraction of sp³-hybridized carbons (Fsp3) is 0.0968. The van der Waals surface area contributed by atoms with E-state index in [1.165, 1.54) is 12.0 Å². The number of hydrogen-bond acceptors (Lipinski definition) is 5. The largest absolute Gasteiger partial charge is 0.507 e. The summed E-state index contributed by atoms with van der Waals surface area (Å²) in [4.78, 5) is 28.2. The van der Waals surface area contributed by atoms with Gasteiger partial charge in [-0.05, 0) is 47.5 Å². The molecule has 184 valence electrons. The van der Waals surface area contributed by atoms with E-state index in [0.717, 1.165) is 5.56 Å². The zero-order valence-corrected chi connectivity index (χ0v) is 20.2. The van der Waals surface area contributed by atoms with Gasteiger partial charge in [-0.1, -0.05) is 72.8 Å². The average molecular weight is 492 g/mol. The molecule has 1 N–H and O–H groups in total. The third-order valence-corrected chi connectivity index (χ3v) is 6.26. The Bertz CT molecular complexity index is 1460. The molecule has 6 nitrogen and oxygen atoms in total. The van der Waals surface area contributed by atoms with Gasteiger partial charge in [-0.2, -0.15) is 0 Å². The lowest BCUT2D eigenvalue weighted by Gasteiger charge is -2.26. The summed E-state index contributed by atoms with van der Waals surface area (Å²) in [5.74, 6) is -0.812. The van der Waals surface area contributed by atoms with Crippen LogP contribution in [0.4, 0.5) is 5.69 Å². The number of aliphatic hydroxyl groups excluding tert-OH is 1. The predicted octanol–water partition coefficient (Wildman–Crippen LogP) is 5.90. The van der Waals surface area contributed by atoms with E-state index in [1.807, 2.05) is 54.6 Å². The molecule has 4 aromatic carbocycles. The number of aliphatic hydroxyl groups is 1. The first-order chi connectivity index (χ1) is 18.1. The van der Waals surface area contributed by atoms with E-state index in [4.69, 9.17) is 9.47 Å². The van der Waals surface area contributed by atoms with E-state index in [1.54, 1.807) is 54.6 Å². The molecule has 1 heterocycles. The monoisotopic (exact) mass is 491 g/mol. The zero-order chi connectivity index (χ0) is 25.8. The fourth-order valence-electron chi connectivity index (χ4n) is 4.50. The third kappa shape index (κ3) is 4.69. The van der Waals surface area contributed by atoms with Crippen molar-refractivity contribution in [2.24, 2.45) is 0 Å². The Morgan fingerprint density at radius 1 is 0.838 bits per heavy atom. The van der Waals surface area contributed by atoms with Crippen LogP contribution >= 0.6 is 0 Å². The van der Waals surface area contributed by atoms with Crippen molar-refractivity contribution < 1.29 is 24.2 Å². The predicted molar refractivity (Wildman–Crippen MR) is 141 cm³/mol. The average Bonchev–Trinajstić information content (AvgIpc) is 3.22. The Kier molecular flexibility index (Phi) is 6.72. The maximum Gasteiger partial charge on any atom is 0.300 e. The highest BCUT2D eigenvalue weighted by Gasteiger charge is 2.47. The van der Waals surface area contributed by atoms with Crippen molar-refractivity contribution in [2.75, 3.05) is 12.0 Å². The van der Waals surface area contributed by atoms with Crippen molar-refractivity contribution in [1.29, 1.82) is 0 Å². The summed E-state index contributed by atoms with van der Waals surface area (Å²) in [6.45, 7) is 0.365. The fourth-order valence-corrected chi connectivity index (χ4v) is 4.50. The van der Waals surface area contributed by atoms with Crippen molar-refractivity contribution in [1.82, 2.24) is 0 Å². The van der Waals surface area contributed by atoms with E-state index in [2.05, 4.69) is 0 Å². The summed E-state index contributed by atoms with van der Waals surface area (Å²) in [6.07, 6.45) is 0. The molecule has 1 fully saturated rings. The molecular formula is C31H25NO5. The van der Waals surface area contributed by atoms with Crippen molar-refractivity contribution in [3.8, 4) is 11.5 Å². The lowest BCUT2D eigenvalue weighted by atomic mass is 9.94. The number of carbonyl (C=O) groups excluding carboxylic acids is 2. The van der Waals surface area contributed by atoms with Crippen molar-refractivity contribution >= 4 is 23.1 Å². The van der Waals surface area contributed by atoms with E-state index in [0.29, 0.717) is 34.9 Å². The van der Waals surface area contributed by atoms with Gasteiger partial charge in [-0.3, -0.25) is 14.5 Å². The van der Waals surface area contributed by atoms with E-state index in [-0.39, 0.29) is 11.3 Å². The van der Waals surface area contributed by atoms with Crippen LogP contribution in [0.5, 0.6) is 11.5 Å². The number of ketones is 1. The maximum absolute atomic E-state index is 13.4. The number of rotatable bonds is 7. The van der Waals surface area contributed by atoms with Crippen LogP contribution in [0.3, 0.4) is 0 Å². The Hall–Kier alpha value is -4.84. The summed E-state index contributed by atoms with van der Waals surface area (Å²) in [5, 5.41) is 11.4. The van der Waals surface area contributed by atoms with Gasteiger partial charge in [0.1, 0.15) is 23.9 Å². The molecular weight excluding hydrogens is 466 g/mol. The number of Topliss-reactive ketones (excluding diaryl/α,β-unsaturated/α-hetero) is 1. The highest BCUT2D eigenvalue weighted by atomic mass is 16.5. The Balaban J connectivity index is 1.62. The van der Waals surface area contributed by atoms with Gasteiger partial charge in [0.05, 0.1) is 24.3 Å². The number of nitrogens with zero attached hydrogens (tertiary/aromatic N) is 1. The molecule has 0 aliphatic carbocycles. The minimum atomic E-state index is -0.868. The first-order valence-electron chi connectivity index (χ1n) is 11.8. The summed E-state index contributed by atoms with van der Waals surface area (Å²) < 4.78 is 11.4. The molecule has 0 bridgehead atoms. The number of carbonyl (C=O) groups is 2. The number of anilines is 1. The molecule has 1 atom stereocenters. The SMILES string of the molecule is COc1ccccc1/C(O)=C1/C(=O)C(=O)N(c2ccccc2)C1c1cccc(OCc2ccccc2)c1. The zero-order valence-electron chi connectivity index (χ0n) is 20.2. The molecule has 6 heteroatoms. The minimum absolute atomic E-state index is 0.0152. The summed E-state index contributed by atoms with van der Waals surface area (Å²) in [6, 6.07) is 32.0. The van der Waals surface area contributed by atoms with Gasteiger partial charge in [-0.25, -0.2) is 0 Å². The molecule has 0 radical (unpaired) electrons. The van der Waals surface area contributed by atoms with Crippen LogP contribution in [0.1, 0.15) is 22.7 Å². The van der Waals surface area contributed by atoms with E-state index < -0.39 is 17.7 Å². The molecule has 0 spiro atoms. The van der Waals surface area contributed by atoms with Crippen LogP contribution in [-0.4, -0.2) is 23.9 Å². The van der Waals surface area contributed by atoms with Gasteiger partial charge in [0, 0.05) is 5.69 Å². The summed E-state index contributed by atoms with van der Waals surface area (Å²) >= 11 is 0. The summed E-state index contributed by atoms with van der Waals surface area (Å²) in [7, 11) is 1.49. The van der Waals surface area contributed by atoms with Crippen LogP contribution in [0, 0.1) is 0 Å². The number of benzene rings is 4. The van der Waals surface area contributed by atoms with Gasteiger partial charge in [0.25, 0.3) is 11.7 Å². The second kappa shape index (κ2) is 10.4. The standard InChI is InChI=1S/C31H25NO5/c1-36-26-18-9-8-17-25(26)29(33)27-28(32(31(35)30(27)34)23-14-6-3-7-15-23)22-13-10-16-24(19-22)37-20-21-11-4-2-5-12-21/h2-19,28,33H,20H2,1H3/b29-27-. The number of hydrogen-bond donors (Lipinski definition) is 1. The number of methoxy groups -OCH3 is 1. The quantitative estimate of drug-likeness (QED) is 0.198. The second-order valence-corrected chi connectivity index (χ2v) is 8.55. The Morgan fingerprint density at radius 2 is 1.51 bits per heavy atom. The van der Waals surface area contributed by atoms with E-state index >= 15 is 0 Å². The van der Waals surface area contributed by atoms with Crippen LogP contribution in [0.25, 0.3) is 5.76 Å².